The zero-order chi connectivity index (χ0) is 28.6. The number of carbonyl (C=O) groups is 1. The van der Waals surface area contributed by atoms with Crippen LogP contribution in [0.2, 0.25) is 0 Å². The number of nitrogens with one attached hydrogen (secondary N) is 3. The van der Waals surface area contributed by atoms with Crippen molar-refractivity contribution in [2.45, 2.75) is 53.6 Å². The second kappa shape index (κ2) is 12.8. The van der Waals surface area contributed by atoms with Crippen molar-refractivity contribution in [3.63, 3.8) is 0 Å². The number of hydrogen-bond donors (Lipinski definition) is 3. The maximum atomic E-state index is 13.5. The van der Waals surface area contributed by atoms with Gasteiger partial charge in [-0.15, -0.1) is 0 Å². The summed E-state index contributed by atoms with van der Waals surface area (Å²) in [4.78, 5) is 12.1. The molecule has 200 valence electrons. The minimum Gasteiger partial charge on any atom is -0.465 e. The number of aryl methyl sites for hydroxylation is 1. The van der Waals surface area contributed by atoms with Crippen molar-refractivity contribution < 1.29 is 18.3 Å². The molecule has 1 saturated carbocycles. The van der Waals surface area contributed by atoms with Gasteiger partial charge >= 0.3 is 0 Å². The van der Waals surface area contributed by atoms with E-state index in [0.717, 1.165) is 22.3 Å². The lowest BCUT2D eigenvalue weighted by atomic mass is 10.0. The lowest BCUT2D eigenvalue weighted by Crippen LogP contribution is -2.22. The van der Waals surface area contributed by atoms with Crippen LogP contribution in [0.5, 0.6) is 0 Å². The molecule has 1 fully saturated rings. The number of alkyl halides is 2. The van der Waals surface area contributed by atoms with Gasteiger partial charge in [-0.05, 0) is 62.1 Å². The number of amides is 1. The van der Waals surface area contributed by atoms with Crippen LogP contribution < -0.4 is 10.6 Å². The molecule has 2 aromatic rings. The first kappa shape index (κ1) is 30.0. The summed E-state index contributed by atoms with van der Waals surface area (Å²) in [6.07, 6.45) is -0.280. The van der Waals surface area contributed by atoms with Gasteiger partial charge in [-0.1, -0.05) is 62.6 Å². The Bertz CT molecular complexity index is 1300. The van der Waals surface area contributed by atoms with E-state index in [-0.39, 0.29) is 17.7 Å². The zero-order valence-corrected chi connectivity index (χ0v) is 22.6. The largest absolute Gasteiger partial charge is 0.465 e. The van der Waals surface area contributed by atoms with Crippen molar-refractivity contribution >= 4 is 22.9 Å². The van der Waals surface area contributed by atoms with Crippen LogP contribution in [0.4, 0.5) is 14.5 Å². The molecule has 2 aromatic carbocycles. The predicted octanol–water partition coefficient (Wildman–Crippen LogP) is 7.13. The van der Waals surface area contributed by atoms with Crippen molar-refractivity contribution in [3.8, 4) is 6.07 Å². The molecule has 0 bridgehead atoms. The molecule has 1 aliphatic carbocycles. The number of nitrogens with zero attached hydrogens (tertiary/aromatic N) is 1. The van der Waals surface area contributed by atoms with Gasteiger partial charge in [0.05, 0.1) is 17.5 Å². The smallest absolute Gasteiger partial charge is 0.277 e. The number of anilines is 1. The highest BCUT2D eigenvalue weighted by Gasteiger charge is 2.72. The number of benzene rings is 2. The summed E-state index contributed by atoms with van der Waals surface area (Å²) in [5, 5.41) is 22.6. The topological polar surface area (TPSA) is 98.0 Å². The number of allylic oxidation sites excluding steroid dienone is 2. The van der Waals surface area contributed by atoms with E-state index in [1.807, 2.05) is 58.9 Å². The highest BCUT2D eigenvalue weighted by atomic mass is 19.3. The van der Waals surface area contributed by atoms with E-state index >= 15 is 0 Å². The molecule has 0 heterocycles. The number of carbonyl (C=O) groups excluding carboxylic acids is 1. The fourth-order valence-corrected chi connectivity index (χ4v) is 3.96. The normalized spacial score (nSPS) is 18.2. The Hall–Kier alpha value is -4.21. The molecule has 1 amide bonds. The summed E-state index contributed by atoms with van der Waals surface area (Å²) in [6, 6.07) is 15.9. The first-order valence-corrected chi connectivity index (χ1v) is 12.4. The van der Waals surface area contributed by atoms with Gasteiger partial charge < -0.3 is 20.8 Å². The molecule has 38 heavy (non-hydrogen) atoms. The zero-order valence-electron chi connectivity index (χ0n) is 22.6. The van der Waals surface area contributed by atoms with Crippen LogP contribution in [-0.4, -0.2) is 17.5 Å². The Labute approximate surface area is 223 Å². The Morgan fingerprint density at radius 2 is 1.76 bits per heavy atom. The number of halogens is 2. The first-order chi connectivity index (χ1) is 18.0. The van der Waals surface area contributed by atoms with Gasteiger partial charge in [0.2, 0.25) is 11.8 Å². The lowest BCUT2D eigenvalue weighted by molar-refractivity contribution is -0.119. The molecule has 3 atom stereocenters. The van der Waals surface area contributed by atoms with Crippen LogP contribution in [0.15, 0.2) is 72.4 Å². The van der Waals surface area contributed by atoms with Crippen LogP contribution in [0, 0.1) is 35.5 Å². The maximum absolute atomic E-state index is 13.5. The van der Waals surface area contributed by atoms with Gasteiger partial charge in [-0.3, -0.25) is 4.79 Å². The van der Waals surface area contributed by atoms with Gasteiger partial charge in [-0.25, -0.2) is 8.78 Å². The quantitative estimate of drug-likeness (QED) is 0.186. The molecular weight excluding hydrogens is 486 g/mol. The van der Waals surface area contributed by atoms with Gasteiger partial charge in [0, 0.05) is 5.69 Å². The fourth-order valence-electron chi connectivity index (χ4n) is 3.96. The van der Waals surface area contributed by atoms with Crippen LogP contribution in [0.1, 0.15) is 57.4 Å². The molecule has 0 aliphatic heterocycles. The molecule has 0 aromatic heterocycles. The molecule has 1 aliphatic rings. The van der Waals surface area contributed by atoms with E-state index in [9.17, 15) is 13.6 Å². The second-order valence-corrected chi connectivity index (χ2v) is 8.70. The third-order valence-electron chi connectivity index (χ3n) is 6.13. The number of nitriles is 1. The number of ether oxygens (including phenoxy) is 1. The van der Waals surface area contributed by atoms with E-state index in [0.29, 0.717) is 11.4 Å². The van der Waals surface area contributed by atoms with E-state index in [2.05, 4.69) is 22.9 Å². The molecule has 0 saturated heterocycles. The Morgan fingerprint density at radius 1 is 1.16 bits per heavy atom. The van der Waals surface area contributed by atoms with Crippen molar-refractivity contribution in [3.05, 3.63) is 89.1 Å². The average Bonchev–Trinajstić information content (AvgIpc) is 3.48. The van der Waals surface area contributed by atoms with Crippen LogP contribution >= 0.6 is 0 Å². The minimum absolute atomic E-state index is 0.253. The summed E-state index contributed by atoms with van der Waals surface area (Å²) in [7, 11) is 0. The van der Waals surface area contributed by atoms with Crippen LogP contribution in [0.25, 0.3) is 5.57 Å². The fraction of sp³-hybridized carbons (Fsp3) is 0.333. The van der Waals surface area contributed by atoms with Crippen molar-refractivity contribution in [1.29, 1.82) is 10.7 Å². The van der Waals surface area contributed by atoms with E-state index < -0.39 is 23.7 Å². The van der Waals surface area contributed by atoms with Crippen molar-refractivity contribution in [2.75, 3.05) is 5.32 Å². The summed E-state index contributed by atoms with van der Waals surface area (Å²) in [5.41, 5.74) is 7.39. The molecule has 0 spiro atoms. The molecule has 3 N–H and O–H groups in total. The first-order valence-electron chi connectivity index (χ1n) is 12.4. The van der Waals surface area contributed by atoms with E-state index in [4.69, 9.17) is 15.4 Å². The molecule has 3 rings (SSSR count). The summed E-state index contributed by atoms with van der Waals surface area (Å²) >= 11 is 0. The monoisotopic (exact) mass is 520 g/mol. The summed E-state index contributed by atoms with van der Waals surface area (Å²) < 4.78 is 33.1. The molecule has 3 unspecified atom stereocenters. The molecule has 8 heteroatoms. The predicted molar refractivity (Wildman–Crippen MR) is 146 cm³/mol. The summed E-state index contributed by atoms with van der Waals surface area (Å²) in [6.45, 7) is 15.1. The maximum Gasteiger partial charge on any atom is 0.277 e. The van der Waals surface area contributed by atoms with Crippen LogP contribution in [-0.2, 0) is 9.53 Å². The lowest BCUT2D eigenvalue weighted by Gasteiger charge is -2.21. The van der Waals surface area contributed by atoms with Crippen molar-refractivity contribution in [1.82, 2.24) is 5.32 Å². The van der Waals surface area contributed by atoms with E-state index in [1.165, 1.54) is 6.07 Å². The second-order valence-electron chi connectivity index (χ2n) is 8.70. The Morgan fingerprint density at radius 3 is 2.26 bits per heavy atom. The summed E-state index contributed by atoms with van der Waals surface area (Å²) in [5.74, 6) is -7.13. The Kier molecular flexibility index (Phi) is 10.1. The molecular formula is C30H34F2N4O2. The third-order valence-corrected chi connectivity index (χ3v) is 6.13. The highest BCUT2D eigenvalue weighted by molar-refractivity contribution is 6.02. The van der Waals surface area contributed by atoms with Crippen molar-refractivity contribution in [2.24, 2.45) is 11.8 Å². The van der Waals surface area contributed by atoms with Gasteiger partial charge in [0.15, 0.2) is 0 Å². The molecule has 6 nitrogen and oxygen atoms in total. The number of rotatable bonds is 9. The standard InChI is InChI=1S/C28H28F2N4O2.C2H6/c1-6-24(36-19(5)22-10-8-7-9-16(22)2)34-26(18(4)32)17(3)20-11-13-21(14-12-20)33-27(35)25-23(15-31)28(25,29)30;1-2/h7-14,19,23,25,32,34H,1H2,2-5H3,(H,33,35);1-2H3/b26-17-,32-18?;. The van der Waals surface area contributed by atoms with Gasteiger partial charge in [0.1, 0.15) is 17.9 Å². The van der Waals surface area contributed by atoms with Crippen LogP contribution in [0.3, 0.4) is 0 Å². The minimum atomic E-state index is -3.30. The molecule has 0 radical (unpaired) electrons. The average molecular weight is 521 g/mol. The number of hydrogen-bond acceptors (Lipinski definition) is 5. The highest BCUT2D eigenvalue weighted by Crippen LogP contribution is 2.55. The SMILES string of the molecule is C=C=C(N/C(C(C)=N)=C(/C)c1ccc(NC(=O)C2C(C#N)C2(F)F)cc1)OC(C)c1ccccc1C.CC. The van der Waals surface area contributed by atoms with Gasteiger partial charge in [-0.2, -0.15) is 5.26 Å². The van der Waals surface area contributed by atoms with E-state index in [1.54, 1.807) is 31.2 Å². The third kappa shape index (κ3) is 6.76. The Balaban J connectivity index is 0.00000247. The van der Waals surface area contributed by atoms with Gasteiger partial charge in [0.25, 0.3) is 5.92 Å².